The minimum atomic E-state index is -0.276. The number of nitrogens with zero attached hydrogens (tertiary/aromatic N) is 2. The average molecular weight is 252 g/mol. The van der Waals surface area contributed by atoms with E-state index in [1.165, 1.54) is 19.8 Å². The molecule has 1 fully saturated rings. The van der Waals surface area contributed by atoms with E-state index >= 15 is 0 Å². The first kappa shape index (κ1) is 12.7. The van der Waals surface area contributed by atoms with Gasteiger partial charge < -0.3 is 0 Å². The molecule has 0 aliphatic heterocycles. The van der Waals surface area contributed by atoms with E-state index in [4.69, 9.17) is 4.52 Å². The fourth-order valence-electron chi connectivity index (χ4n) is 2.40. The first-order valence-corrected chi connectivity index (χ1v) is 6.36. The summed E-state index contributed by atoms with van der Waals surface area (Å²) in [5.74, 6) is -0.135. The molecule has 1 N–H and O–H groups in total. The highest BCUT2D eigenvalue weighted by atomic mass is 16.5. The van der Waals surface area contributed by atoms with Crippen molar-refractivity contribution in [1.82, 2.24) is 5.27 Å². The van der Waals surface area contributed by atoms with Crippen molar-refractivity contribution >= 4 is 18.1 Å². The van der Waals surface area contributed by atoms with Gasteiger partial charge in [0.2, 0.25) is 17.5 Å². The molecule has 1 aromatic heterocycles. The Morgan fingerprint density at radius 2 is 2.06 bits per heavy atom. The van der Waals surface area contributed by atoms with Crippen molar-refractivity contribution in [3.8, 4) is 0 Å². The van der Waals surface area contributed by atoms with Crippen LogP contribution in [0.3, 0.4) is 0 Å². The maximum absolute atomic E-state index is 11.1. The van der Waals surface area contributed by atoms with E-state index < -0.39 is 0 Å². The van der Waals surface area contributed by atoms with Crippen molar-refractivity contribution in [3.05, 3.63) is 5.69 Å². The number of carbonyl (C=O) groups excluding carboxylic acids is 2. The molecule has 98 valence electrons. The number of nitrogens with one attached hydrogen (secondary N) is 1. The van der Waals surface area contributed by atoms with Crippen LogP contribution in [-0.2, 0) is 4.79 Å². The van der Waals surface area contributed by atoms with Crippen molar-refractivity contribution in [2.45, 2.75) is 51.5 Å². The molecule has 1 amide bonds. The van der Waals surface area contributed by atoms with Crippen molar-refractivity contribution < 1.29 is 18.8 Å². The second-order valence-corrected chi connectivity index (χ2v) is 4.68. The Labute approximate surface area is 105 Å². The Balaban J connectivity index is 2.23. The summed E-state index contributed by atoms with van der Waals surface area (Å²) >= 11 is 0. The van der Waals surface area contributed by atoms with Gasteiger partial charge in [-0.05, 0) is 17.5 Å². The molecule has 0 saturated heterocycles. The Hall–Kier alpha value is -1.72. The lowest BCUT2D eigenvalue weighted by atomic mass is 10.1. The van der Waals surface area contributed by atoms with Crippen LogP contribution in [0.25, 0.3) is 0 Å². The molecule has 2 rings (SSSR count). The highest BCUT2D eigenvalue weighted by molar-refractivity contribution is 5.91. The SMILES string of the molecule is CC(=O)Nc1on[n+](C2CCCCCC2)c1C=O. The molecule has 0 aromatic carbocycles. The predicted octanol–water partition coefficient (Wildman–Crippen LogP) is 1.63. The molecule has 0 spiro atoms. The molecule has 6 heteroatoms. The molecule has 1 aromatic rings. The lowest BCUT2D eigenvalue weighted by Crippen LogP contribution is -2.44. The summed E-state index contributed by atoms with van der Waals surface area (Å²) in [6.45, 7) is 1.37. The van der Waals surface area contributed by atoms with Crippen LogP contribution < -0.4 is 10.00 Å². The summed E-state index contributed by atoms with van der Waals surface area (Å²) in [5, 5.41) is 6.38. The number of aldehydes is 1. The summed E-state index contributed by atoms with van der Waals surface area (Å²) < 4.78 is 6.66. The third-order valence-corrected chi connectivity index (χ3v) is 3.27. The standard InChI is InChI=1S/C12H17N3O3/c1-9(17)13-12-11(8-16)15(14-18-12)10-6-4-2-3-5-7-10/h8,10H,2-7H2,1H3/p+1. The Kier molecular flexibility index (Phi) is 4.07. The zero-order chi connectivity index (χ0) is 13.0. The first-order chi connectivity index (χ1) is 8.72. The van der Waals surface area contributed by atoms with E-state index in [0.29, 0.717) is 12.0 Å². The number of hydrogen-bond acceptors (Lipinski definition) is 4. The Morgan fingerprint density at radius 3 is 2.61 bits per heavy atom. The third kappa shape index (κ3) is 2.75. The molecule has 18 heavy (non-hydrogen) atoms. The quantitative estimate of drug-likeness (QED) is 0.504. The molecule has 0 bridgehead atoms. The van der Waals surface area contributed by atoms with Crippen LogP contribution in [0.4, 0.5) is 5.88 Å². The van der Waals surface area contributed by atoms with Gasteiger partial charge in [-0.3, -0.25) is 19.4 Å². The number of amides is 1. The van der Waals surface area contributed by atoms with Gasteiger partial charge in [-0.2, -0.15) is 0 Å². The number of carbonyl (C=O) groups is 2. The first-order valence-electron chi connectivity index (χ1n) is 6.36. The molecule has 0 atom stereocenters. The van der Waals surface area contributed by atoms with Crippen LogP contribution in [0.2, 0.25) is 0 Å². The van der Waals surface area contributed by atoms with Gasteiger partial charge in [0.1, 0.15) is 0 Å². The molecule has 1 saturated carbocycles. The molecule has 1 heterocycles. The van der Waals surface area contributed by atoms with Gasteiger partial charge in [-0.25, -0.2) is 0 Å². The average Bonchev–Trinajstić information content (AvgIpc) is 2.57. The molecule has 1 aliphatic carbocycles. The monoisotopic (exact) mass is 252 g/mol. The summed E-state index contributed by atoms with van der Waals surface area (Å²) in [6, 6.07) is 0.193. The summed E-state index contributed by atoms with van der Waals surface area (Å²) in [6.07, 6.45) is 7.41. The normalized spacial score (nSPS) is 17.2. The van der Waals surface area contributed by atoms with Crippen molar-refractivity contribution in [1.29, 1.82) is 0 Å². The second kappa shape index (κ2) is 5.75. The van der Waals surface area contributed by atoms with Gasteiger partial charge in [0.25, 0.3) is 0 Å². The van der Waals surface area contributed by atoms with E-state index in [1.54, 1.807) is 4.68 Å². The summed E-state index contributed by atoms with van der Waals surface area (Å²) in [5.41, 5.74) is 0.317. The van der Waals surface area contributed by atoms with E-state index in [0.717, 1.165) is 25.7 Å². The number of anilines is 1. The van der Waals surface area contributed by atoms with Gasteiger partial charge in [-0.1, -0.05) is 12.8 Å². The fraction of sp³-hybridized carbons (Fsp3) is 0.667. The third-order valence-electron chi connectivity index (χ3n) is 3.27. The summed E-state index contributed by atoms with van der Waals surface area (Å²) in [7, 11) is 0. The largest absolute Gasteiger partial charge is 0.337 e. The van der Waals surface area contributed by atoms with Crippen LogP contribution in [0.1, 0.15) is 62.0 Å². The van der Waals surface area contributed by atoms with Crippen molar-refractivity contribution in [3.63, 3.8) is 0 Å². The van der Waals surface area contributed by atoms with Gasteiger partial charge in [0.05, 0.1) is 0 Å². The van der Waals surface area contributed by atoms with E-state index in [2.05, 4.69) is 10.6 Å². The Bertz CT molecular complexity index is 434. The topological polar surface area (TPSA) is 76.1 Å². The predicted molar refractivity (Wildman–Crippen MR) is 63.1 cm³/mol. The Morgan fingerprint density at radius 1 is 1.39 bits per heavy atom. The van der Waals surface area contributed by atoms with Crippen molar-refractivity contribution in [2.75, 3.05) is 5.32 Å². The zero-order valence-corrected chi connectivity index (χ0v) is 10.5. The van der Waals surface area contributed by atoms with Gasteiger partial charge in [-0.15, -0.1) is 0 Å². The lowest BCUT2D eigenvalue weighted by Gasteiger charge is -2.03. The minimum absolute atomic E-state index is 0.141. The molecule has 1 aliphatic rings. The van der Waals surface area contributed by atoms with Crippen LogP contribution in [0.15, 0.2) is 4.52 Å². The molecular weight excluding hydrogens is 234 g/mol. The van der Waals surface area contributed by atoms with Gasteiger partial charge >= 0.3 is 11.6 Å². The van der Waals surface area contributed by atoms with Crippen LogP contribution in [0.5, 0.6) is 0 Å². The van der Waals surface area contributed by atoms with E-state index in [1.807, 2.05) is 0 Å². The smallest absolute Gasteiger partial charge is 0.291 e. The number of rotatable bonds is 3. The number of hydrogen-bond donors (Lipinski definition) is 1. The molecular formula is C12H18N3O3+. The second-order valence-electron chi connectivity index (χ2n) is 4.68. The van der Waals surface area contributed by atoms with E-state index in [-0.39, 0.29) is 17.8 Å². The number of aromatic nitrogens is 2. The van der Waals surface area contributed by atoms with Crippen molar-refractivity contribution in [2.24, 2.45) is 0 Å². The van der Waals surface area contributed by atoms with Crippen LogP contribution in [-0.4, -0.2) is 17.5 Å². The maximum Gasteiger partial charge on any atom is 0.337 e. The minimum Gasteiger partial charge on any atom is -0.291 e. The van der Waals surface area contributed by atoms with Crippen LogP contribution >= 0.6 is 0 Å². The fourth-order valence-corrected chi connectivity index (χ4v) is 2.40. The van der Waals surface area contributed by atoms with E-state index in [9.17, 15) is 9.59 Å². The highest BCUT2D eigenvalue weighted by Gasteiger charge is 2.32. The van der Waals surface area contributed by atoms with Crippen LogP contribution in [0, 0.1) is 0 Å². The van der Waals surface area contributed by atoms with Gasteiger partial charge in [0.15, 0.2) is 6.04 Å². The van der Waals surface area contributed by atoms with Gasteiger partial charge in [0, 0.05) is 19.8 Å². The molecule has 0 unspecified atom stereocenters. The summed E-state index contributed by atoms with van der Waals surface area (Å²) in [4.78, 5) is 22.1. The molecule has 0 radical (unpaired) electrons. The maximum atomic E-state index is 11.1. The lowest BCUT2D eigenvalue weighted by molar-refractivity contribution is -0.787. The zero-order valence-electron chi connectivity index (χ0n) is 10.5. The molecule has 6 nitrogen and oxygen atoms in total. The highest BCUT2D eigenvalue weighted by Crippen LogP contribution is 2.24.